The summed E-state index contributed by atoms with van der Waals surface area (Å²) in [6.45, 7) is 6.40. The molecule has 0 aliphatic heterocycles. The van der Waals surface area contributed by atoms with Gasteiger partial charge in [0.1, 0.15) is 0 Å². The van der Waals surface area contributed by atoms with E-state index in [-0.39, 0.29) is 0 Å². The zero-order valence-electron chi connectivity index (χ0n) is 11.3. The first kappa shape index (κ1) is 14.8. The minimum Gasteiger partial charge on any atom is -0.505 e. The number of allylic oxidation sites excluding steroid dienone is 1. The summed E-state index contributed by atoms with van der Waals surface area (Å²) >= 11 is 0. The Morgan fingerprint density at radius 1 is 1.11 bits per heavy atom. The molecule has 19 heavy (non-hydrogen) atoms. The van der Waals surface area contributed by atoms with Crippen LogP contribution in [0, 0.1) is 25.7 Å². The normalized spacial score (nSPS) is 11.8. The van der Waals surface area contributed by atoms with E-state index in [0.717, 1.165) is 12.5 Å². The molecule has 0 amide bonds. The van der Waals surface area contributed by atoms with Crippen molar-refractivity contribution in [2.75, 3.05) is 0 Å². The second-order valence-corrected chi connectivity index (χ2v) is 4.45. The van der Waals surface area contributed by atoms with Gasteiger partial charge in [-0.2, -0.15) is 0 Å². The molecule has 5 nitrogen and oxygen atoms in total. The number of aryl methyl sites for hydroxylation is 3. The fourth-order valence-corrected chi connectivity index (χ4v) is 2.03. The Morgan fingerprint density at radius 3 is 1.95 bits per heavy atom. The predicted molar refractivity (Wildman–Crippen MR) is 71.7 cm³/mol. The van der Waals surface area contributed by atoms with Crippen molar-refractivity contribution in [3.63, 3.8) is 0 Å². The maximum absolute atomic E-state index is 11.5. The third-order valence-corrected chi connectivity index (χ3v) is 2.76. The molecule has 0 aliphatic carbocycles. The van der Waals surface area contributed by atoms with E-state index < -0.39 is 23.0 Å². The highest BCUT2D eigenvalue weighted by Gasteiger charge is 2.23. The summed E-state index contributed by atoms with van der Waals surface area (Å²) in [6, 6.07) is 3.61. The molecule has 0 radical (unpaired) electrons. The molecule has 100 valence electrons. The molecule has 0 heterocycles. The van der Waals surface area contributed by atoms with Gasteiger partial charge in [0.25, 0.3) is 5.78 Å². The summed E-state index contributed by atoms with van der Waals surface area (Å²) in [5, 5.41) is 12.6. The number of carbonyl (C=O) groups excluding carboxylic acids is 2. The molecule has 1 aromatic carbocycles. The van der Waals surface area contributed by atoms with Crippen LogP contribution in [0.4, 0.5) is 0 Å². The molecule has 0 saturated heterocycles. The molecule has 0 atom stereocenters. The lowest BCUT2D eigenvalue weighted by atomic mass is 9.96. The third kappa shape index (κ3) is 2.93. The van der Waals surface area contributed by atoms with Gasteiger partial charge in [-0.15, -0.1) is 4.91 Å². The van der Waals surface area contributed by atoms with Gasteiger partial charge < -0.3 is 5.11 Å². The highest BCUT2D eigenvalue weighted by atomic mass is 16.3. The Bertz CT molecular complexity index is 576. The van der Waals surface area contributed by atoms with Gasteiger partial charge in [-0.1, -0.05) is 17.7 Å². The highest BCUT2D eigenvalue weighted by molar-refractivity contribution is 6.43. The van der Waals surface area contributed by atoms with Crippen LogP contribution in [0.1, 0.15) is 29.2 Å². The second-order valence-electron chi connectivity index (χ2n) is 4.45. The summed E-state index contributed by atoms with van der Waals surface area (Å²) in [4.78, 5) is 33.2. The van der Waals surface area contributed by atoms with Crippen molar-refractivity contribution < 1.29 is 14.7 Å². The lowest BCUT2D eigenvalue weighted by Gasteiger charge is -2.11. The number of aliphatic hydroxyl groups excluding tert-OH is 1. The number of rotatable bonds is 4. The molecule has 0 spiro atoms. The first-order valence-corrected chi connectivity index (χ1v) is 5.69. The molecular weight excluding hydrogens is 246 g/mol. The van der Waals surface area contributed by atoms with E-state index in [0.29, 0.717) is 16.7 Å². The van der Waals surface area contributed by atoms with Crippen LogP contribution in [0.25, 0.3) is 5.76 Å². The maximum Gasteiger partial charge on any atom is 0.254 e. The number of nitroso groups, excluding NO2 is 1. The first-order chi connectivity index (χ1) is 8.79. The lowest BCUT2D eigenvalue weighted by Crippen LogP contribution is -2.13. The fraction of sp³-hybridized carbons (Fsp3) is 0.286. The van der Waals surface area contributed by atoms with E-state index in [2.05, 4.69) is 5.18 Å². The van der Waals surface area contributed by atoms with Crippen LogP contribution in [0.3, 0.4) is 0 Å². The average molecular weight is 261 g/mol. The molecule has 5 heteroatoms. The van der Waals surface area contributed by atoms with Gasteiger partial charge in [-0.25, -0.2) is 0 Å². The van der Waals surface area contributed by atoms with Gasteiger partial charge >= 0.3 is 0 Å². The van der Waals surface area contributed by atoms with Gasteiger partial charge in [0.15, 0.2) is 5.76 Å². The van der Waals surface area contributed by atoms with E-state index in [9.17, 15) is 19.6 Å². The fourth-order valence-electron chi connectivity index (χ4n) is 2.03. The zero-order valence-corrected chi connectivity index (χ0v) is 11.3. The standard InChI is InChI=1S/C14H15NO4/c1-7-5-8(2)11(9(3)6-7)14(18)12(15-19)13(17)10(4)16/h5-6,18H,1-4H3/b14-12+. The number of aliphatic hydroxyl groups is 1. The van der Waals surface area contributed by atoms with Crippen molar-refractivity contribution in [2.24, 2.45) is 5.18 Å². The van der Waals surface area contributed by atoms with E-state index >= 15 is 0 Å². The molecule has 0 aromatic heterocycles. The molecule has 1 rings (SSSR count). The molecule has 0 aliphatic rings. The van der Waals surface area contributed by atoms with Crippen molar-refractivity contribution in [3.05, 3.63) is 45.0 Å². The summed E-state index contributed by atoms with van der Waals surface area (Å²) in [6.07, 6.45) is 0. The summed E-state index contributed by atoms with van der Waals surface area (Å²) in [7, 11) is 0. The Hall–Kier alpha value is -2.30. The van der Waals surface area contributed by atoms with Crippen molar-refractivity contribution in [2.45, 2.75) is 27.7 Å². The largest absolute Gasteiger partial charge is 0.505 e. The van der Waals surface area contributed by atoms with Crippen LogP contribution >= 0.6 is 0 Å². The van der Waals surface area contributed by atoms with Gasteiger partial charge in [0.2, 0.25) is 11.5 Å². The molecule has 0 unspecified atom stereocenters. The third-order valence-electron chi connectivity index (χ3n) is 2.76. The van der Waals surface area contributed by atoms with Crippen molar-refractivity contribution in [3.8, 4) is 0 Å². The second kappa shape index (κ2) is 5.56. The monoisotopic (exact) mass is 261 g/mol. The lowest BCUT2D eigenvalue weighted by molar-refractivity contribution is -0.133. The Labute approximate surface area is 110 Å². The smallest absolute Gasteiger partial charge is 0.254 e. The quantitative estimate of drug-likeness (QED) is 0.391. The Kier molecular flexibility index (Phi) is 4.32. The number of carbonyl (C=O) groups is 2. The number of Topliss-reactive ketones (excluding diaryl/α,β-unsaturated/α-hetero) is 2. The number of hydrogen-bond acceptors (Lipinski definition) is 5. The van der Waals surface area contributed by atoms with Crippen LogP contribution in [-0.2, 0) is 9.59 Å². The molecule has 0 saturated carbocycles. The Morgan fingerprint density at radius 2 is 1.58 bits per heavy atom. The molecule has 0 bridgehead atoms. The van der Waals surface area contributed by atoms with Crippen molar-refractivity contribution >= 4 is 17.3 Å². The zero-order chi connectivity index (χ0) is 14.7. The van der Waals surface area contributed by atoms with Gasteiger partial charge in [-0.05, 0) is 37.1 Å². The van der Waals surface area contributed by atoms with E-state index in [1.54, 1.807) is 26.0 Å². The number of ketones is 2. The highest BCUT2D eigenvalue weighted by Crippen LogP contribution is 2.26. The minimum atomic E-state index is -1.09. The number of hydrogen-bond donors (Lipinski definition) is 1. The van der Waals surface area contributed by atoms with E-state index in [4.69, 9.17) is 0 Å². The topological polar surface area (TPSA) is 83.8 Å². The van der Waals surface area contributed by atoms with Crippen LogP contribution in [-0.4, -0.2) is 16.7 Å². The van der Waals surface area contributed by atoms with Crippen LogP contribution < -0.4 is 0 Å². The maximum atomic E-state index is 11.5. The van der Waals surface area contributed by atoms with Gasteiger partial charge in [-0.3, -0.25) is 9.59 Å². The average Bonchev–Trinajstić information content (AvgIpc) is 2.28. The number of nitrogens with zero attached hydrogens (tertiary/aromatic N) is 1. The molecule has 0 fully saturated rings. The minimum absolute atomic E-state index is 0.356. The SMILES string of the molecule is CC(=O)C(=O)/C(N=O)=C(\O)c1c(C)cc(C)cc1C. The van der Waals surface area contributed by atoms with Crippen molar-refractivity contribution in [1.29, 1.82) is 0 Å². The Balaban J connectivity index is 3.55. The number of benzene rings is 1. The summed E-state index contributed by atoms with van der Waals surface area (Å²) < 4.78 is 0. The van der Waals surface area contributed by atoms with Gasteiger partial charge in [0, 0.05) is 12.5 Å². The summed E-state index contributed by atoms with van der Waals surface area (Å²) in [5.74, 6) is -2.49. The van der Waals surface area contributed by atoms with Gasteiger partial charge in [0.05, 0.1) is 0 Å². The molecular formula is C14H15NO4. The van der Waals surface area contributed by atoms with E-state index in [1.807, 2.05) is 6.92 Å². The van der Waals surface area contributed by atoms with Crippen LogP contribution in [0.5, 0.6) is 0 Å². The van der Waals surface area contributed by atoms with Crippen molar-refractivity contribution in [1.82, 2.24) is 0 Å². The van der Waals surface area contributed by atoms with Crippen LogP contribution in [0.15, 0.2) is 23.0 Å². The van der Waals surface area contributed by atoms with Crippen LogP contribution in [0.2, 0.25) is 0 Å². The predicted octanol–water partition coefficient (Wildman–Crippen LogP) is 2.76. The molecule has 1 aromatic rings. The first-order valence-electron chi connectivity index (χ1n) is 5.69. The molecule has 1 N–H and O–H groups in total. The van der Waals surface area contributed by atoms with E-state index in [1.165, 1.54) is 0 Å². The summed E-state index contributed by atoms with van der Waals surface area (Å²) in [5.41, 5.74) is 2.00.